The van der Waals surface area contributed by atoms with E-state index < -0.39 is 0 Å². The number of carbonyl (C=O) groups excluding carboxylic acids is 2. The zero-order chi connectivity index (χ0) is 21.6. The minimum Gasteiger partial charge on any atom is -0.352 e. The molecule has 0 saturated carbocycles. The molecule has 1 aliphatic heterocycles. The Morgan fingerprint density at radius 2 is 1.97 bits per heavy atom. The SMILES string of the molecule is CCc1cc2c(N3CCN(C(=O)CCCNC(=O)c4ccccn4)CC3)ncnc2s1. The predicted molar refractivity (Wildman–Crippen MR) is 121 cm³/mol. The summed E-state index contributed by atoms with van der Waals surface area (Å²) in [5.74, 6) is 0.881. The van der Waals surface area contributed by atoms with E-state index >= 15 is 0 Å². The number of rotatable bonds is 7. The van der Waals surface area contributed by atoms with Gasteiger partial charge in [0.05, 0.1) is 5.39 Å². The summed E-state index contributed by atoms with van der Waals surface area (Å²) in [7, 11) is 0. The van der Waals surface area contributed by atoms with Gasteiger partial charge in [0, 0.05) is 50.2 Å². The molecule has 4 heterocycles. The molecule has 31 heavy (non-hydrogen) atoms. The van der Waals surface area contributed by atoms with Crippen LogP contribution >= 0.6 is 11.3 Å². The van der Waals surface area contributed by atoms with Gasteiger partial charge in [0.1, 0.15) is 22.7 Å². The van der Waals surface area contributed by atoms with Crippen molar-refractivity contribution in [3.63, 3.8) is 0 Å². The number of thiophene rings is 1. The number of piperazine rings is 1. The van der Waals surface area contributed by atoms with Crippen molar-refractivity contribution < 1.29 is 9.59 Å². The molecule has 0 aromatic carbocycles. The Bertz CT molecular complexity index is 1050. The highest BCUT2D eigenvalue weighted by molar-refractivity contribution is 7.18. The van der Waals surface area contributed by atoms with Crippen LogP contribution in [0, 0.1) is 0 Å². The maximum absolute atomic E-state index is 12.6. The number of aryl methyl sites for hydroxylation is 1. The molecule has 3 aromatic rings. The normalized spacial score (nSPS) is 14.1. The molecule has 1 saturated heterocycles. The fourth-order valence-electron chi connectivity index (χ4n) is 3.67. The summed E-state index contributed by atoms with van der Waals surface area (Å²) in [5.41, 5.74) is 0.389. The van der Waals surface area contributed by atoms with Crippen molar-refractivity contribution in [1.82, 2.24) is 25.2 Å². The monoisotopic (exact) mass is 438 g/mol. The Kier molecular flexibility index (Phi) is 6.71. The topological polar surface area (TPSA) is 91.3 Å². The van der Waals surface area contributed by atoms with Gasteiger partial charge in [0.15, 0.2) is 0 Å². The van der Waals surface area contributed by atoms with Crippen molar-refractivity contribution >= 4 is 39.2 Å². The van der Waals surface area contributed by atoms with Crippen LogP contribution in [-0.2, 0) is 11.2 Å². The van der Waals surface area contributed by atoms with Crippen LogP contribution in [0.25, 0.3) is 10.2 Å². The van der Waals surface area contributed by atoms with Gasteiger partial charge in [0.25, 0.3) is 5.91 Å². The van der Waals surface area contributed by atoms with Gasteiger partial charge in [-0.3, -0.25) is 14.6 Å². The lowest BCUT2D eigenvalue weighted by Gasteiger charge is -2.35. The van der Waals surface area contributed by atoms with Gasteiger partial charge in [-0.15, -0.1) is 11.3 Å². The molecular weight excluding hydrogens is 412 g/mol. The molecule has 0 unspecified atom stereocenters. The molecule has 4 rings (SSSR count). The highest BCUT2D eigenvalue weighted by Crippen LogP contribution is 2.30. The standard InChI is InChI=1S/C22H26N6O2S/c1-2-16-14-17-20(25-15-26-22(17)31-16)28-12-10-27(11-13-28)19(29)7-5-9-24-21(30)18-6-3-4-8-23-18/h3-4,6,8,14-15H,2,5,7,9-13H2,1H3,(H,24,30). The van der Waals surface area contributed by atoms with E-state index in [2.05, 4.69) is 38.2 Å². The molecule has 0 aliphatic carbocycles. The molecule has 1 fully saturated rings. The first-order chi connectivity index (χ1) is 15.2. The number of aromatic nitrogens is 3. The van der Waals surface area contributed by atoms with E-state index in [0.717, 1.165) is 35.5 Å². The fourth-order valence-corrected chi connectivity index (χ4v) is 4.60. The highest BCUT2D eigenvalue weighted by Gasteiger charge is 2.23. The van der Waals surface area contributed by atoms with Gasteiger partial charge >= 0.3 is 0 Å². The lowest BCUT2D eigenvalue weighted by molar-refractivity contribution is -0.131. The van der Waals surface area contributed by atoms with E-state index in [1.807, 2.05) is 4.90 Å². The first-order valence-electron chi connectivity index (χ1n) is 10.6. The van der Waals surface area contributed by atoms with Crippen molar-refractivity contribution in [2.75, 3.05) is 37.6 Å². The summed E-state index contributed by atoms with van der Waals surface area (Å²) in [6.45, 7) is 5.46. The van der Waals surface area contributed by atoms with Crippen LogP contribution in [0.1, 0.15) is 35.1 Å². The Hall–Kier alpha value is -3.07. The molecule has 2 amide bonds. The summed E-state index contributed by atoms with van der Waals surface area (Å²) in [4.78, 5) is 44.0. The number of pyridine rings is 1. The van der Waals surface area contributed by atoms with Crippen molar-refractivity contribution in [2.45, 2.75) is 26.2 Å². The predicted octanol–water partition coefficient (Wildman–Crippen LogP) is 2.51. The Morgan fingerprint density at radius 3 is 2.71 bits per heavy atom. The Balaban J connectivity index is 1.24. The summed E-state index contributed by atoms with van der Waals surface area (Å²) >= 11 is 1.72. The van der Waals surface area contributed by atoms with Gasteiger partial charge in [-0.1, -0.05) is 13.0 Å². The van der Waals surface area contributed by atoms with E-state index in [4.69, 9.17) is 0 Å². The molecule has 0 spiro atoms. The molecule has 1 N–H and O–H groups in total. The number of carbonyl (C=O) groups is 2. The molecule has 3 aromatic heterocycles. The van der Waals surface area contributed by atoms with Gasteiger partial charge in [-0.25, -0.2) is 9.97 Å². The van der Waals surface area contributed by atoms with E-state index in [0.29, 0.717) is 38.2 Å². The van der Waals surface area contributed by atoms with E-state index in [1.54, 1.807) is 42.1 Å². The molecule has 8 nitrogen and oxygen atoms in total. The van der Waals surface area contributed by atoms with Gasteiger partial charge in [-0.05, 0) is 31.0 Å². The molecule has 0 bridgehead atoms. The maximum atomic E-state index is 12.6. The lowest BCUT2D eigenvalue weighted by atomic mass is 10.2. The van der Waals surface area contributed by atoms with Gasteiger partial charge in [-0.2, -0.15) is 0 Å². The summed E-state index contributed by atoms with van der Waals surface area (Å²) < 4.78 is 0. The zero-order valence-electron chi connectivity index (χ0n) is 17.6. The van der Waals surface area contributed by atoms with Crippen LogP contribution in [0.5, 0.6) is 0 Å². The molecule has 9 heteroatoms. The van der Waals surface area contributed by atoms with Crippen molar-refractivity contribution in [3.05, 3.63) is 47.4 Å². The average Bonchev–Trinajstić information content (AvgIpc) is 3.26. The molecule has 162 valence electrons. The van der Waals surface area contributed by atoms with Crippen LogP contribution in [0.15, 0.2) is 36.8 Å². The minimum absolute atomic E-state index is 0.128. The number of hydrogen-bond acceptors (Lipinski definition) is 7. The van der Waals surface area contributed by atoms with Crippen molar-refractivity contribution in [1.29, 1.82) is 0 Å². The van der Waals surface area contributed by atoms with Crippen LogP contribution in [0.4, 0.5) is 5.82 Å². The lowest BCUT2D eigenvalue weighted by Crippen LogP contribution is -2.49. The number of fused-ring (bicyclic) bond motifs is 1. The maximum Gasteiger partial charge on any atom is 0.269 e. The fraction of sp³-hybridized carbons (Fsp3) is 0.409. The van der Waals surface area contributed by atoms with Crippen molar-refractivity contribution in [3.8, 4) is 0 Å². The third-order valence-corrected chi connectivity index (χ3v) is 6.58. The quantitative estimate of drug-likeness (QED) is 0.570. The van der Waals surface area contributed by atoms with Crippen molar-refractivity contribution in [2.24, 2.45) is 0 Å². The van der Waals surface area contributed by atoms with Crippen LogP contribution in [0.3, 0.4) is 0 Å². The molecular formula is C22H26N6O2S. The molecule has 0 radical (unpaired) electrons. The summed E-state index contributed by atoms with van der Waals surface area (Å²) in [6, 6.07) is 7.40. The van der Waals surface area contributed by atoms with E-state index in [9.17, 15) is 9.59 Å². The molecule has 0 atom stereocenters. The highest BCUT2D eigenvalue weighted by atomic mass is 32.1. The zero-order valence-corrected chi connectivity index (χ0v) is 18.4. The van der Waals surface area contributed by atoms with E-state index in [-0.39, 0.29) is 11.8 Å². The minimum atomic E-state index is -0.211. The second kappa shape index (κ2) is 9.82. The van der Waals surface area contributed by atoms with Crippen LogP contribution < -0.4 is 10.2 Å². The largest absolute Gasteiger partial charge is 0.352 e. The average molecular weight is 439 g/mol. The van der Waals surface area contributed by atoms with Gasteiger partial charge in [0.2, 0.25) is 5.91 Å². The summed E-state index contributed by atoms with van der Waals surface area (Å²) in [5, 5.41) is 3.92. The smallest absolute Gasteiger partial charge is 0.269 e. The number of hydrogen-bond donors (Lipinski definition) is 1. The first kappa shape index (κ1) is 21.2. The Morgan fingerprint density at radius 1 is 1.13 bits per heavy atom. The number of nitrogens with zero attached hydrogens (tertiary/aromatic N) is 5. The van der Waals surface area contributed by atoms with Crippen LogP contribution in [-0.4, -0.2) is 64.4 Å². The second-order valence-corrected chi connectivity index (χ2v) is 8.54. The third kappa shape index (κ3) is 4.99. The number of anilines is 1. The number of amides is 2. The van der Waals surface area contributed by atoms with E-state index in [1.165, 1.54) is 4.88 Å². The summed E-state index contributed by atoms with van der Waals surface area (Å²) in [6.07, 6.45) is 5.24. The Labute approximate surface area is 185 Å². The second-order valence-electron chi connectivity index (χ2n) is 7.42. The third-order valence-electron chi connectivity index (χ3n) is 5.39. The molecule has 1 aliphatic rings. The number of nitrogens with one attached hydrogen (secondary N) is 1. The first-order valence-corrected chi connectivity index (χ1v) is 11.4. The van der Waals surface area contributed by atoms with Gasteiger partial charge < -0.3 is 15.1 Å². The van der Waals surface area contributed by atoms with Crippen LogP contribution in [0.2, 0.25) is 0 Å².